The second-order valence-corrected chi connectivity index (χ2v) is 6.22. The second kappa shape index (κ2) is 4.48. The molecule has 94 valence electrons. The summed E-state index contributed by atoms with van der Waals surface area (Å²) >= 11 is 1.84. The van der Waals surface area contributed by atoms with Gasteiger partial charge in [0.15, 0.2) is 0 Å². The molecule has 1 aliphatic rings. The summed E-state index contributed by atoms with van der Waals surface area (Å²) < 4.78 is 1.32. The molecule has 2 aromatic rings. The lowest BCUT2D eigenvalue weighted by Gasteiger charge is -2.20. The molecule has 0 amide bonds. The molecule has 3 rings (SSSR count). The van der Waals surface area contributed by atoms with Crippen molar-refractivity contribution in [1.82, 2.24) is 9.88 Å². The fourth-order valence-electron chi connectivity index (χ4n) is 2.47. The molecular weight excluding hydrogens is 240 g/mol. The van der Waals surface area contributed by atoms with Gasteiger partial charge in [0, 0.05) is 13.1 Å². The van der Waals surface area contributed by atoms with Crippen LogP contribution < -0.4 is 0 Å². The maximum absolute atomic E-state index is 4.83. The average molecular weight is 258 g/mol. The van der Waals surface area contributed by atoms with Crippen molar-refractivity contribution in [3.05, 3.63) is 34.3 Å². The number of aromatic nitrogens is 1. The van der Waals surface area contributed by atoms with E-state index in [0.717, 1.165) is 19.5 Å². The summed E-state index contributed by atoms with van der Waals surface area (Å²) in [5.41, 5.74) is 5.22. The third-order valence-corrected chi connectivity index (χ3v) is 4.59. The minimum absolute atomic E-state index is 1.04. The van der Waals surface area contributed by atoms with Gasteiger partial charge in [0.1, 0.15) is 5.01 Å². The van der Waals surface area contributed by atoms with Gasteiger partial charge >= 0.3 is 0 Å². The van der Waals surface area contributed by atoms with E-state index in [1.165, 1.54) is 31.9 Å². The van der Waals surface area contributed by atoms with E-state index in [9.17, 15) is 0 Å². The van der Waals surface area contributed by atoms with Gasteiger partial charge in [0.25, 0.3) is 0 Å². The van der Waals surface area contributed by atoms with Crippen LogP contribution in [0.1, 0.15) is 22.6 Å². The zero-order valence-corrected chi connectivity index (χ0v) is 12.0. The molecular formula is C15H18N2S. The number of hydrogen-bond donors (Lipinski definition) is 0. The zero-order chi connectivity index (χ0) is 12.7. The molecule has 0 atom stereocenters. The summed E-state index contributed by atoms with van der Waals surface area (Å²) in [4.78, 5) is 7.17. The van der Waals surface area contributed by atoms with Crippen molar-refractivity contribution in [2.75, 3.05) is 20.1 Å². The standard InChI is InChI=1S/C15H18N2S/c1-10-8-11(2)14-13(9-10)18-15(16-14)12-4-6-17(3)7-5-12/h4,8-9H,5-7H2,1-3H3. The van der Waals surface area contributed by atoms with E-state index < -0.39 is 0 Å². The van der Waals surface area contributed by atoms with Gasteiger partial charge < -0.3 is 4.90 Å². The molecule has 0 saturated carbocycles. The van der Waals surface area contributed by atoms with Crippen LogP contribution in [0.25, 0.3) is 15.8 Å². The first-order valence-corrected chi connectivity index (χ1v) is 7.21. The number of nitrogens with zero attached hydrogens (tertiary/aromatic N) is 2. The SMILES string of the molecule is Cc1cc(C)c2nc(C3=CCN(C)CC3)sc2c1. The molecule has 0 radical (unpaired) electrons. The predicted molar refractivity (Wildman–Crippen MR) is 79.2 cm³/mol. The molecule has 2 heterocycles. The molecule has 0 unspecified atom stereocenters. The Morgan fingerprint density at radius 3 is 2.83 bits per heavy atom. The maximum Gasteiger partial charge on any atom is 0.120 e. The monoisotopic (exact) mass is 258 g/mol. The lowest BCUT2D eigenvalue weighted by molar-refractivity contribution is 0.370. The lowest BCUT2D eigenvalue weighted by Crippen LogP contribution is -2.23. The third-order valence-electron chi connectivity index (χ3n) is 3.52. The Morgan fingerprint density at radius 2 is 2.11 bits per heavy atom. The predicted octanol–water partition coefficient (Wildman–Crippen LogP) is 3.63. The van der Waals surface area contributed by atoms with Crippen molar-refractivity contribution in [1.29, 1.82) is 0 Å². The number of rotatable bonds is 1. The zero-order valence-electron chi connectivity index (χ0n) is 11.2. The summed E-state index contributed by atoms with van der Waals surface area (Å²) in [6.45, 7) is 6.49. The molecule has 0 bridgehead atoms. The molecule has 1 aliphatic heterocycles. The van der Waals surface area contributed by atoms with E-state index in [1.807, 2.05) is 11.3 Å². The van der Waals surface area contributed by atoms with E-state index in [0.29, 0.717) is 0 Å². The van der Waals surface area contributed by atoms with Gasteiger partial charge in [-0.25, -0.2) is 4.98 Å². The highest BCUT2D eigenvalue weighted by Crippen LogP contribution is 2.32. The molecule has 1 aromatic carbocycles. The quantitative estimate of drug-likeness (QED) is 0.776. The van der Waals surface area contributed by atoms with Crippen LogP contribution in [0.4, 0.5) is 0 Å². The van der Waals surface area contributed by atoms with Gasteiger partial charge in [0.2, 0.25) is 0 Å². The molecule has 3 heteroatoms. The van der Waals surface area contributed by atoms with Crippen molar-refractivity contribution in [2.24, 2.45) is 0 Å². The Bertz CT molecular complexity index is 625. The third kappa shape index (κ3) is 2.08. The van der Waals surface area contributed by atoms with Gasteiger partial charge in [-0.15, -0.1) is 11.3 Å². The molecule has 18 heavy (non-hydrogen) atoms. The molecule has 1 aromatic heterocycles. The van der Waals surface area contributed by atoms with E-state index in [4.69, 9.17) is 4.98 Å². The van der Waals surface area contributed by atoms with Crippen LogP contribution in [0.2, 0.25) is 0 Å². The molecule has 0 aliphatic carbocycles. The number of aryl methyl sites for hydroxylation is 2. The van der Waals surface area contributed by atoms with Crippen molar-refractivity contribution < 1.29 is 0 Å². The van der Waals surface area contributed by atoms with Crippen molar-refractivity contribution in [3.8, 4) is 0 Å². The van der Waals surface area contributed by atoms with Gasteiger partial charge in [-0.3, -0.25) is 0 Å². The number of thiazole rings is 1. The Hall–Kier alpha value is -1.19. The molecule has 0 N–H and O–H groups in total. The smallest absolute Gasteiger partial charge is 0.120 e. The van der Waals surface area contributed by atoms with E-state index in [-0.39, 0.29) is 0 Å². The first-order valence-electron chi connectivity index (χ1n) is 6.39. The van der Waals surface area contributed by atoms with Crippen LogP contribution in [0.3, 0.4) is 0 Å². The van der Waals surface area contributed by atoms with Gasteiger partial charge in [-0.05, 0) is 50.1 Å². The highest BCUT2D eigenvalue weighted by atomic mass is 32.1. The first kappa shape index (κ1) is 11.9. The van der Waals surface area contributed by atoms with Crippen molar-refractivity contribution in [3.63, 3.8) is 0 Å². The summed E-state index contributed by atoms with van der Waals surface area (Å²) in [6, 6.07) is 4.47. The fourth-order valence-corrected chi connectivity index (χ4v) is 3.68. The highest BCUT2D eigenvalue weighted by molar-refractivity contribution is 7.19. The fraction of sp³-hybridized carbons (Fsp3) is 0.400. The lowest BCUT2D eigenvalue weighted by atomic mass is 10.1. The Labute approximate surface area is 112 Å². The Kier molecular flexibility index (Phi) is 2.96. The highest BCUT2D eigenvalue weighted by Gasteiger charge is 2.14. The summed E-state index contributed by atoms with van der Waals surface area (Å²) in [6.07, 6.45) is 3.44. The number of fused-ring (bicyclic) bond motifs is 1. The summed E-state index contributed by atoms with van der Waals surface area (Å²) in [7, 11) is 2.17. The minimum Gasteiger partial charge on any atom is -0.302 e. The van der Waals surface area contributed by atoms with Gasteiger partial charge in [0.05, 0.1) is 10.2 Å². The number of likely N-dealkylation sites (N-methyl/N-ethyl adjacent to an activating group) is 1. The topological polar surface area (TPSA) is 16.1 Å². The Morgan fingerprint density at radius 1 is 1.28 bits per heavy atom. The minimum atomic E-state index is 1.04. The maximum atomic E-state index is 4.83. The molecule has 0 spiro atoms. The number of benzene rings is 1. The van der Waals surface area contributed by atoms with Crippen molar-refractivity contribution in [2.45, 2.75) is 20.3 Å². The molecule has 0 fully saturated rings. The van der Waals surface area contributed by atoms with E-state index in [1.54, 1.807) is 0 Å². The van der Waals surface area contributed by atoms with E-state index in [2.05, 4.69) is 44.0 Å². The van der Waals surface area contributed by atoms with Crippen molar-refractivity contribution >= 4 is 27.1 Å². The second-order valence-electron chi connectivity index (χ2n) is 5.19. The van der Waals surface area contributed by atoms with Crippen LogP contribution in [-0.2, 0) is 0 Å². The first-order chi connectivity index (χ1) is 8.63. The van der Waals surface area contributed by atoms with Crippen LogP contribution in [0.15, 0.2) is 18.2 Å². The largest absolute Gasteiger partial charge is 0.302 e. The number of hydrogen-bond acceptors (Lipinski definition) is 3. The van der Waals surface area contributed by atoms with Crippen LogP contribution >= 0.6 is 11.3 Å². The van der Waals surface area contributed by atoms with Gasteiger partial charge in [-0.1, -0.05) is 12.1 Å². The molecule has 2 nitrogen and oxygen atoms in total. The molecule has 0 saturated heterocycles. The van der Waals surface area contributed by atoms with E-state index >= 15 is 0 Å². The Balaban J connectivity index is 2.06. The van der Waals surface area contributed by atoms with Crippen LogP contribution in [0, 0.1) is 13.8 Å². The van der Waals surface area contributed by atoms with Gasteiger partial charge in [-0.2, -0.15) is 0 Å². The average Bonchev–Trinajstić information content (AvgIpc) is 2.74. The van der Waals surface area contributed by atoms with Crippen LogP contribution in [0.5, 0.6) is 0 Å². The summed E-state index contributed by atoms with van der Waals surface area (Å²) in [5, 5.41) is 1.21. The summed E-state index contributed by atoms with van der Waals surface area (Å²) in [5.74, 6) is 0. The normalized spacial score (nSPS) is 17.2. The van der Waals surface area contributed by atoms with Crippen LogP contribution in [-0.4, -0.2) is 30.0 Å².